The summed E-state index contributed by atoms with van der Waals surface area (Å²) >= 11 is 0. The number of carboxylic acid groups (broad SMARTS) is 1. The van der Waals surface area contributed by atoms with Crippen LogP contribution in [0.5, 0.6) is 5.75 Å². The van der Waals surface area contributed by atoms with Crippen molar-refractivity contribution in [1.29, 1.82) is 0 Å². The van der Waals surface area contributed by atoms with E-state index in [1.165, 1.54) is 6.07 Å². The molecule has 0 aliphatic rings. The fourth-order valence-electron chi connectivity index (χ4n) is 1.17. The lowest BCUT2D eigenvalue weighted by atomic mass is 10.00. The van der Waals surface area contributed by atoms with E-state index in [9.17, 15) is 13.6 Å². The average molecular weight is 229 g/mol. The number of carboxylic acids is 1. The van der Waals surface area contributed by atoms with Gasteiger partial charge in [0, 0.05) is 11.1 Å². The molecule has 1 rings (SSSR count). The molecule has 1 aromatic rings. The molecule has 0 aromatic heterocycles. The summed E-state index contributed by atoms with van der Waals surface area (Å²) in [5.74, 6) is -3.30. The minimum absolute atomic E-state index is 0.0867. The molecule has 0 spiro atoms. The molecule has 0 aliphatic heterocycles. The molecule has 1 aromatic carbocycles. The summed E-state index contributed by atoms with van der Waals surface area (Å²) in [5, 5.41) is 17.6. The first-order valence-electron chi connectivity index (χ1n) is 4.25. The highest BCUT2D eigenvalue weighted by Gasteiger charge is 2.22. The highest BCUT2D eigenvalue weighted by molar-refractivity contribution is 5.91. The van der Waals surface area contributed by atoms with Gasteiger partial charge in [0.05, 0.1) is 6.33 Å². The molecular weight excluding hydrogens is 220 g/mol. The number of halogens is 2. The first-order chi connectivity index (χ1) is 7.49. The van der Waals surface area contributed by atoms with Gasteiger partial charge in [0.2, 0.25) is 0 Å². The molecule has 0 bridgehead atoms. The van der Waals surface area contributed by atoms with Gasteiger partial charge in [0.1, 0.15) is 6.04 Å². The fourth-order valence-corrected chi connectivity index (χ4v) is 1.17. The van der Waals surface area contributed by atoms with Crippen molar-refractivity contribution in [2.45, 2.75) is 6.04 Å². The van der Waals surface area contributed by atoms with Crippen molar-refractivity contribution in [1.82, 2.24) is 0 Å². The molecule has 0 heterocycles. The Morgan fingerprint density at radius 3 is 2.62 bits per heavy atom. The van der Waals surface area contributed by atoms with Crippen molar-refractivity contribution in [2.75, 3.05) is 0 Å². The summed E-state index contributed by atoms with van der Waals surface area (Å²) in [5.41, 5.74) is 4.25. The molecule has 0 aliphatic carbocycles. The third-order valence-corrected chi connectivity index (χ3v) is 2.01. The van der Waals surface area contributed by atoms with Crippen molar-refractivity contribution < 1.29 is 23.8 Å². The van der Waals surface area contributed by atoms with Gasteiger partial charge in [-0.15, -0.1) is 0 Å². The standard InChI is InChI=1S/C10H9F2NO3/c11-4-6(9(13)10(15)16)5-2-1-3-7(14)8(5)12/h1-4,9,14H,13H2,(H,15,16)/b6-4-/t9-/m0/s1. The van der Waals surface area contributed by atoms with Crippen molar-refractivity contribution in [3.63, 3.8) is 0 Å². The second kappa shape index (κ2) is 4.71. The third-order valence-electron chi connectivity index (χ3n) is 2.01. The monoisotopic (exact) mass is 229 g/mol. The SMILES string of the molecule is N[C@H](C(=O)O)/C(=C\F)c1cccc(O)c1F. The van der Waals surface area contributed by atoms with Crippen LogP contribution in [0.4, 0.5) is 8.78 Å². The Morgan fingerprint density at radius 1 is 1.50 bits per heavy atom. The van der Waals surface area contributed by atoms with Crippen molar-refractivity contribution in [3.05, 3.63) is 35.9 Å². The Hall–Kier alpha value is -1.95. The number of phenolic OH excluding ortho intramolecular Hbond substituents is 1. The van der Waals surface area contributed by atoms with E-state index in [1.54, 1.807) is 0 Å². The lowest BCUT2D eigenvalue weighted by Crippen LogP contribution is -2.31. The van der Waals surface area contributed by atoms with Crippen LogP contribution in [0.3, 0.4) is 0 Å². The molecule has 4 N–H and O–H groups in total. The zero-order valence-electron chi connectivity index (χ0n) is 8.02. The van der Waals surface area contributed by atoms with Gasteiger partial charge in [0.25, 0.3) is 0 Å². The van der Waals surface area contributed by atoms with Crippen LogP contribution in [0.2, 0.25) is 0 Å². The summed E-state index contributed by atoms with van der Waals surface area (Å²) in [7, 11) is 0. The minimum atomic E-state index is -1.69. The van der Waals surface area contributed by atoms with Gasteiger partial charge in [-0.2, -0.15) is 0 Å². The fraction of sp³-hybridized carbons (Fsp3) is 0.100. The summed E-state index contributed by atoms with van der Waals surface area (Å²) in [6, 6.07) is 1.75. The van der Waals surface area contributed by atoms with E-state index in [1.807, 2.05) is 0 Å². The highest BCUT2D eigenvalue weighted by Crippen LogP contribution is 2.26. The Morgan fingerprint density at radius 2 is 2.12 bits per heavy atom. The largest absolute Gasteiger partial charge is 0.505 e. The van der Waals surface area contributed by atoms with Gasteiger partial charge in [-0.05, 0) is 6.07 Å². The van der Waals surface area contributed by atoms with E-state index >= 15 is 0 Å². The van der Waals surface area contributed by atoms with E-state index in [4.69, 9.17) is 15.9 Å². The zero-order valence-corrected chi connectivity index (χ0v) is 8.02. The van der Waals surface area contributed by atoms with Gasteiger partial charge >= 0.3 is 5.97 Å². The number of carbonyl (C=O) groups is 1. The smallest absolute Gasteiger partial charge is 0.325 e. The molecule has 0 saturated heterocycles. The van der Waals surface area contributed by atoms with Gasteiger partial charge in [-0.25, -0.2) is 8.78 Å². The summed E-state index contributed by atoms with van der Waals surface area (Å²) in [6.45, 7) is 0. The summed E-state index contributed by atoms with van der Waals surface area (Å²) in [4.78, 5) is 10.6. The van der Waals surface area contributed by atoms with Crippen LogP contribution in [-0.4, -0.2) is 22.2 Å². The second-order valence-corrected chi connectivity index (χ2v) is 3.02. The van der Waals surface area contributed by atoms with E-state index in [0.29, 0.717) is 0 Å². The van der Waals surface area contributed by atoms with Crippen LogP contribution < -0.4 is 5.73 Å². The van der Waals surface area contributed by atoms with Gasteiger partial charge in [-0.1, -0.05) is 12.1 Å². The first-order valence-corrected chi connectivity index (χ1v) is 4.25. The summed E-state index contributed by atoms with van der Waals surface area (Å²) < 4.78 is 25.9. The van der Waals surface area contributed by atoms with E-state index in [2.05, 4.69) is 0 Å². The molecule has 1 atom stereocenters. The van der Waals surface area contributed by atoms with E-state index in [0.717, 1.165) is 12.1 Å². The number of aliphatic carboxylic acids is 1. The van der Waals surface area contributed by atoms with E-state index < -0.39 is 29.2 Å². The number of phenols is 1. The number of nitrogens with two attached hydrogens (primary N) is 1. The highest BCUT2D eigenvalue weighted by atomic mass is 19.1. The molecule has 86 valence electrons. The molecule has 4 nitrogen and oxygen atoms in total. The summed E-state index contributed by atoms with van der Waals surface area (Å²) in [6.07, 6.45) is -0.0867. The first kappa shape index (κ1) is 12.1. The van der Waals surface area contributed by atoms with Crippen molar-refractivity contribution in [2.24, 2.45) is 5.73 Å². The normalized spacial score (nSPS) is 13.6. The quantitative estimate of drug-likeness (QED) is 0.728. The molecular formula is C10H9F2NO3. The number of rotatable bonds is 3. The molecule has 0 radical (unpaired) electrons. The van der Waals surface area contributed by atoms with E-state index in [-0.39, 0.29) is 11.9 Å². The molecule has 0 fully saturated rings. The molecule has 0 amide bonds. The van der Waals surface area contributed by atoms with Crippen LogP contribution in [0.1, 0.15) is 5.56 Å². The van der Waals surface area contributed by atoms with Crippen LogP contribution in [0, 0.1) is 5.82 Å². The van der Waals surface area contributed by atoms with Crippen LogP contribution in [0.25, 0.3) is 5.57 Å². The number of hydrogen-bond acceptors (Lipinski definition) is 3. The number of benzene rings is 1. The predicted octanol–water partition coefficient (Wildman–Crippen LogP) is 1.25. The number of aromatic hydroxyl groups is 1. The Kier molecular flexibility index (Phi) is 3.57. The van der Waals surface area contributed by atoms with Gasteiger partial charge in [0.15, 0.2) is 11.6 Å². The Bertz CT molecular complexity index is 446. The Labute approximate surface area is 89.6 Å². The second-order valence-electron chi connectivity index (χ2n) is 3.02. The van der Waals surface area contributed by atoms with Crippen molar-refractivity contribution in [3.8, 4) is 5.75 Å². The lowest BCUT2D eigenvalue weighted by Gasteiger charge is -2.11. The molecule has 16 heavy (non-hydrogen) atoms. The van der Waals surface area contributed by atoms with Gasteiger partial charge in [-0.3, -0.25) is 4.79 Å². The van der Waals surface area contributed by atoms with Gasteiger partial charge < -0.3 is 15.9 Å². The topological polar surface area (TPSA) is 83.6 Å². The minimum Gasteiger partial charge on any atom is -0.505 e. The van der Waals surface area contributed by atoms with Crippen molar-refractivity contribution >= 4 is 11.5 Å². The zero-order chi connectivity index (χ0) is 12.3. The maximum Gasteiger partial charge on any atom is 0.325 e. The molecule has 6 heteroatoms. The van der Waals surface area contributed by atoms with Crippen LogP contribution in [-0.2, 0) is 4.79 Å². The predicted molar refractivity (Wildman–Crippen MR) is 52.8 cm³/mol. The maximum absolute atomic E-state index is 13.4. The third kappa shape index (κ3) is 2.17. The van der Waals surface area contributed by atoms with Crippen LogP contribution >= 0.6 is 0 Å². The Balaban J connectivity index is 3.26. The number of hydrogen-bond donors (Lipinski definition) is 3. The molecule has 0 unspecified atom stereocenters. The maximum atomic E-state index is 13.4. The average Bonchev–Trinajstić information content (AvgIpc) is 2.24. The van der Waals surface area contributed by atoms with Crippen LogP contribution in [0.15, 0.2) is 24.5 Å². The molecule has 0 saturated carbocycles. The lowest BCUT2D eigenvalue weighted by molar-refractivity contribution is -0.137.